The number of hydrogen-bond acceptors (Lipinski definition) is 2. The van der Waals surface area contributed by atoms with Gasteiger partial charge in [-0.05, 0) is 61.1 Å². The fourth-order valence-electron chi connectivity index (χ4n) is 3.23. The Morgan fingerprint density at radius 1 is 1.16 bits per heavy atom. The molecule has 32 heavy (non-hydrogen) atoms. The van der Waals surface area contributed by atoms with Gasteiger partial charge in [0.2, 0.25) is 0 Å². The van der Waals surface area contributed by atoms with Crippen LogP contribution in [0.25, 0.3) is 0 Å². The summed E-state index contributed by atoms with van der Waals surface area (Å²) < 4.78 is 55.3. The molecule has 1 aliphatic rings. The van der Waals surface area contributed by atoms with Gasteiger partial charge < -0.3 is 4.57 Å². The van der Waals surface area contributed by atoms with E-state index in [2.05, 4.69) is 39.6 Å². The quantitative estimate of drug-likeness (QED) is 0.444. The molecule has 3 rings (SSSR count). The molecule has 176 valence electrons. The largest absolute Gasteiger partial charge is 0.416 e. The Morgan fingerprint density at radius 3 is 2.31 bits per heavy atom. The highest BCUT2D eigenvalue weighted by atomic mass is 32.1. The molecule has 0 aliphatic heterocycles. The lowest BCUT2D eigenvalue weighted by molar-refractivity contribution is -0.137. The van der Waals surface area contributed by atoms with Gasteiger partial charge in [-0.1, -0.05) is 34.6 Å². The number of alkyl halides is 3. The zero-order valence-corrected chi connectivity index (χ0v) is 20.2. The molecule has 3 nitrogen and oxygen atoms in total. The van der Waals surface area contributed by atoms with Gasteiger partial charge in [0.25, 0.3) is 5.91 Å². The Kier molecular flexibility index (Phi) is 6.50. The summed E-state index contributed by atoms with van der Waals surface area (Å²) in [6.45, 7) is 13.6. The van der Waals surface area contributed by atoms with Crippen LogP contribution in [-0.4, -0.2) is 10.5 Å². The second kappa shape index (κ2) is 8.43. The van der Waals surface area contributed by atoms with E-state index in [9.17, 15) is 22.4 Å². The average Bonchev–Trinajstić information content (AvgIpc) is 3.42. The first kappa shape index (κ1) is 24.7. The molecule has 1 amide bonds. The van der Waals surface area contributed by atoms with E-state index in [-0.39, 0.29) is 10.8 Å². The van der Waals surface area contributed by atoms with Crippen molar-refractivity contribution in [3.63, 3.8) is 0 Å². The molecule has 1 aromatic heterocycles. The SMILES string of the molecule is Cc1c(CC(C)(C)C(C)(C)C)sc(=NC(=O)c2cc(C(F)(F)F)ccc2F)n1CC1CC1. The molecule has 0 unspecified atom stereocenters. The summed E-state index contributed by atoms with van der Waals surface area (Å²) in [6.07, 6.45) is -1.69. The van der Waals surface area contributed by atoms with E-state index >= 15 is 0 Å². The topological polar surface area (TPSA) is 34.4 Å². The zero-order chi connectivity index (χ0) is 24.1. The number of thiazole rings is 1. The normalized spacial score (nSPS) is 16.0. The molecule has 1 heterocycles. The minimum Gasteiger partial charge on any atom is -0.320 e. The third-order valence-corrected chi connectivity index (χ3v) is 7.93. The summed E-state index contributed by atoms with van der Waals surface area (Å²) in [4.78, 5) is 18.4. The summed E-state index contributed by atoms with van der Waals surface area (Å²) in [6, 6.07) is 1.83. The summed E-state index contributed by atoms with van der Waals surface area (Å²) >= 11 is 1.37. The number of hydrogen-bond donors (Lipinski definition) is 0. The van der Waals surface area contributed by atoms with Crippen molar-refractivity contribution < 1.29 is 22.4 Å². The Labute approximate surface area is 190 Å². The van der Waals surface area contributed by atoms with E-state index in [0.717, 1.165) is 29.8 Å². The maximum Gasteiger partial charge on any atom is 0.416 e. The van der Waals surface area contributed by atoms with Crippen LogP contribution in [0.15, 0.2) is 23.2 Å². The lowest BCUT2D eigenvalue weighted by atomic mass is 9.67. The smallest absolute Gasteiger partial charge is 0.320 e. The molecule has 0 radical (unpaired) electrons. The maximum absolute atomic E-state index is 14.2. The lowest BCUT2D eigenvalue weighted by Gasteiger charge is -2.38. The van der Waals surface area contributed by atoms with Gasteiger partial charge in [0.15, 0.2) is 4.80 Å². The molecule has 0 atom stereocenters. The number of carbonyl (C=O) groups excluding carboxylic acids is 1. The Hall–Kier alpha value is -1.96. The molecule has 1 saturated carbocycles. The molecule has 2 aromatic rings. The fraction of sp³-hybridized carbons (Fsp3) is 0.583. The van der Waals surface area contributed by atoms with Crippen molar-refractivity contribution in [2.24, 2.45) is 21.7 Å². The highest BCUT2D eigenvalue weighted by molar-refractivity contribution is 7.09. The van der Waals surface area contributed by atoms with Crippen LogP contribution >= 0.6 is 11.3 Å². The Balaban J connectivity index is 2.06. The predicted molar refractivity (Wildman–Crippen MR) is 118 cm³/mol. The maximum atomic E-state index is 14.2. The number of amides is 1. The van der Waals surface area contributed by atoms with Gasteiger partial charge in [0.1, 0.15) is 5.82 Å². The number of carbonyl (C=O) groups is 1. The minimum absolute atomic E-state index is 0.0333. The van der Waals surface area contributed by atoms with Gasteiger partial charge >= 0.3 is 6.18 Å². The number of benzene rings is 1. The summed E-state index contributed by atoms with van der Waals surface area (Å²) in [5, 5.41) is 0. The van der Waals surface area contributed by atoms with Crippen molar-refractivity contribution in [3.05, 3.63) is 50.5 Å². The van der Waals surface area contributed by atoms with Gasteiger partial charge in [-0.15, -0.1) is 11.3 Å². The highest BCUT2D eigenvalue weighted by Crippen LogP contribution is 2.42. The van der Waals surface area contributed by atoms with Gasteiger partial charge in [-0.2, -0.15) is 18.2 Å². The average molecular weight is 471 g/mol. The molecular weight excluding hydrogens is 440 g/mol. The van der Waals surface area contributed by atoms with Crippen molar-refractivity contribution in [1.29, 1.82) is 0 Å². The van der Waals surface area contributed by atoms with Crippen LogP contribution in [0.5, 0.6) is 0 Å². The van der Waals surface area contributed by atoms with Gasteiger partial charge in [0.05, 0.1) is 11.1 Å². The zero-order valence-electron chi connectivity index (χ0n) is 19.4. The standard InChI is InChI=1S/C24H30F4N2OS/c1-14-19(12-23(5,6)22(2,3)4)32-21(30(14)13-15-7-8-15)29-20(31)17-11-16(24(26,27)28)9-10-18(17)25/h9-11,15H,7-8,12-13H2,1-6H3. The van der Waals surface area contributed by atoms with Crippen molar-refractivity contribution in [3.8, 4) is 0 Å². The molecular formula is C24H30F4N2OS. The van der Waals surface area contributed by atoms with Gasteiger partial charge in [-0.25, -0.2) is 4.39 Å². The number of rotatable bonds is 5. The molecule has 8 heteroatoms. The first-order chi connectivity index (χ1) is 14.6. The van der Waals surface area contributed by atoms with E-state index in [1.165, 1.54) is 11.3 Å². The molecule has 0 bridgehead atoms. The van der Waals surface area contributed by atoms with Crippen LogP contribution in [0.2, 0.25) is 0 Å². The summed E-state index contributed by atoms with van der Waals surface area (Å²) in [5.41, 5.74) is -0.720. The van der Waals surface area contributed by atoms with Crippen molar-refractivity contribution in [1.82, 2.24) is 4.57 Å². The predicted octanol–water partition coefficient (Wildman–Crippen LogP) is 6.78. The van der Waals surface area contributed by atoms with Crippen LogP contribution in [-0.2, 0) is 19.1 Å². The fourth-order valence-corrected chi connectivity index (χ4v) is 4.59. The number of aromatic nitrogens is 1. The summed E-state index contributed by atoms with van der Waals surface area (Å²) in [5.74, 6) is -1.50. The van der Waals surface area contributed by atoms with Crippen LogP contribution < -0.4 is 4.80 Å². The van der Waals surface area contributed by atoms with E-state index < -0.39 is 29.0 Å². The number of halogens is 4. The first-order valence-electron chi connectivity index (χ1n) is 10.7. The van der Waals surface area contributed by atoms with Gasteiger partial charge in [-0.3, -0.25) is 4.79 Å². The molecule has 0 spiro atoms. The first-order valence-corrected chi connectivity index (χ1v) is 11.6. The van der Waals surface area contributed by atoms with Crippen LogP contribution in [0, 0.1) is 29.5 Å². The Bertz CT molecular complexity index is 1080. The second-order valence-electron chi connectivity index (χ2n) is 10.4. The second-order valence-corrected chi connectivity index (χ2v) is 11.4. The molecule has 1 fully saturated rings. The molecule has 0 saturated heterocycles. The van der Waals surface area contributed by atoms with E-state index in [1.54, 1.807) is 0 Å². The van der Waals surface area contributed by atoms with Crippen LogP contribution in [0.1, 0.15) is 74.0 Å². The highest BCUT2D eigenvalue weighted by Gasteiger charge is 2.35. The minimum atomic E-state index is -4.67. The van der Waals surface area contributed by atoms with E-state index in [4.69, 9.17) is 0 Å². The third kappa shape index (κ3) is 5.33. The van der Waals surface area contributed by atoms with Gasteiger partial charge in [0, 0.05) is 17.1 Å². The lowest BCUT2D eigenvalue weighted by Crippen LogP contribution is -2.31. The van der Waals surface area contributed by atoms with Crippen molar-refractivity contribution in [2.45, 2.75) is 73.5 Å². The molecule has 1 aromatic carbocycles. The van der Waals surface area contributed by atoms with Crippen molar-refractivity contribution in [2.75, 3.05) is 0 Å². The van der Waals surface area contributed by atoms with Crippen molar-refractivity contribution >= 4 is 17.2 Å². The van der Waals surface area contributed by atoms with E-state index in [0.29, 0.717) is 35.5 Å². The monoisotopic (exact) mass is 470 g/mol. The van der Waals surface area contributed by atoms with Crippen LogP contribution in [0.4, 0.5) is 17.6 Å². The Morgan fingerprint density at radius 2 is 1.78 bits per heavy atom. The summed E-state index contributed by atoms with van der Waals surface area (Å²) in [7, 11) is 0. The van der Waals surface area contributed by atoms with Crippen LogP contribution in [0.3, 0.4) is 0 Å². The third-order valence-electron chi connectivity index (χ3n) is 6.75. The molecule has 1 aliphatic carbocycles. The van der Waals surface area contributed by atoms with E-state index in [1.807, 2.05) is 11.5 Å². The molecule has 0 N–H and O–H groups in total. The number of nitrogens with zero attached hydrogens (tertiary/aromatic N) is 2.